The summed E-state index contributed by atoms with van der Waals surface area (Å²) in [5.41, 5.74) is 7.55. The Hall–Kier alpha value is -2.38. The second-order valence-corrected chi connectivity index (χ2v) is 4.50. The van der Waals surface area contributed by atoms with Crippen LogP contribution in [0.15, 0.2) is 48.7 Å². The lowest BCUT2D eigenvalue weighted by molar-refractivity contribution is 0.166. The van der Waals surface area contributed by atoms with Crippen molar-refractivity contribution in [3.8, 4) is 11.8 Å². The zero-order chi connectivity index (χ0) is 14.4. The first-order valence-electron chi connectivity index (χ1n) is 6.58. The second-order valence-electron chi connectivity index (χ2n) is 4.50. The van der Waals surface area contributed by atoms with Crippen molar-refractivity contribution < 1.29 is 4.74 Å². The summed E-state index contributed by atoms with van der Waals surface area (Å²) in [4.78, 5) is 4.32. The minimum Gasteiger partial charge on any atom is -0.482 e. The summed E-state index contributed by atoms with van der Waals surface area (Å²) in [6, 6.07) is 14.6. The van der Waals surface area contributed by atoms with Crippen LogP contribution in [0.2, 0.25) is 0 Å². The van der Waals surface area contributed by atoms with Gasteiger partial charge in [-0.3, -0.25) is 4.98 Å². The Morgan fingerprint density at radius 2 is 2.00 bits per heavy atom. The number of nitriles is 1. The molecule has 1 heterocycles. The lowest BCUT2D eigenvalue weighted by Gasteiger charge is -2.23. The van der Waals surface area contributed by atoms with Gasteiger partial charge in [0.25, 0.3) is 0 Å². The van der Waals surface area contributed by atoms with Crippen molar-refractivity contribution in [1.82, 2.24) is 4.98 Å². The molecule has 2 N–H and O–H groups in total. The van der Waals surface area contributed by atoms with Gasteiger partial charge in [-0.1, -0.05) is 13.0 Å². The van der Waals surface area contributed by atoms with Crippen LogP contribution in [0.25, 0.3) is 0 Å². The minimum atomic E-state index is -0.297. The minimum absolute atomic E-state index is 0.138. The van der Waals surface area contributed by atoms with Crippen LogP contribution in [-0.4, -0.2) is 11.0 Å². The topological polar surface area (TPSA) is 71.9 Å². The third kappa shape index (κ3) is 3.34. The first kappa shape index (κ1) is 14.0. The van der Waals surface area contributed by atoms with Crippen LogP contribution in [0.5, 0.6) is 5.75 Å². The largest absolute Gasteiger partial charge is 0.482 e. The zero-order valence-corrected chi connectivity index (χ0v) is 11.4. The van der Waals surface area contributed by atoms with Crippen molar-refractivity contribution in [2.45, 2.75) is 25.5 Å². The Morgan fingerprint density at radius 1 is 1.25 bits per heavy atom. The molecular formula is C16H17N3O. The molecule has 2 aromatic rings. The number of aromatic nitrogens is 1. The van der Waals surface area contributed by atoms with Crippen molar-refractivity contribution in [1.29, 1.82) is 5.26 Å². The fourth-order valence-corrected chi connectivity index (χ4v) is 1.88. The average molecular weight is 267 g/mol. The Bertz CT molecular complexity index is 575. The van der Waals surface area contributed by atoms with E-state index in [1.807, 2.05) is 25.1 Å². The van der Waals surface area contributed by atoms with Gasteiger partial charge in [0.2, 0.25) is 0 Å². The summed E-state index contributed by atoms with van der Waals surface area (Å²) in [6.07, 6.45) is 2.22. The lowest BCUT2D eigenvalue weighted by Crippen LogP contribution is -2.32. The predicted molar refractivity (Wildman–Crippen MR) is 77.0 cm³/mol. The van der Waals surface area contributed by atoms with E-state index in [2.05, 4.69) is 11.1 Å². The van der Waals surface area contributed by atoms with Crippen molar-refractivity contribution in [2.75, 3.05) is 0 Å². The van der Waals surface area contributed by atoms with Gasteiger partial charge in [0.1, 0.15) is 5.75 Å². The second kappa shape index (κ2) is 6.69. The highest BCUT2D eigenvalue weighted by Crippen LogP contribution is 2.24. The number of rotatable bonds is 5. The van der Waals surface area contributed by atoms with Gasteiger partial charge >= 0.3 is 0 Å². The molecule has 0 fully saturated rings. The Morgan fingerprint density at radius 3 is 2.55 bits per heavy atom. The molecule has 0 aliphatic carbocycles. The van der Waals surface area contributed by atoms with E-state index in [4.69, 9.17) is 15.7 Å². The van der Waals surface area contributed by atoms with Crippen LogP contribution < -0.4 is 10.5 Å². The van der Waals surface area contributed by atoms with Gasteiger partial charge in [0.05, 0.1) is 17.3 Å². The molecular weight excluding hydrogens is 250 g/mol. The van der Waals surface area contributed by atoms with E-state index < -0.39 is 0 Å². The first-order chi connectivity index (χ1) is 9.74. The predicted octanol–water partition coefficient (Wildman–Crippen LogP) is 2.81. The third-order valence-electron chi connectivity index (χ3n) is 3.09. The number of nitrogens with two attached hydrogens (primary N) is 1. The van der Waals surface area contributed by atoms with Crippen LogP contribution >= 0.6 is 0 Å². The molecule has 0 spiro atoms. The van der Waals surface area contributed by atoms with Gasteiger partial charge in [-0.05, 0) is 42.8 Å². The lowest BCUT2D eigenvalue weighted by atomic mass is 10.1. The number of pyridine rings is 1. The first-order valence-corrected chi connectivity index (χ1v) is 6.58. The van der Waals surface area contributed by atoms with Crippen LogP contribution in [0.3, 0.4) is 0 Å². The van der Waals surface area contributed by atoms with Crippen molar-refractivity contribution in [2.24, 2.45) is 5.73 Å². The van der Waals surface area contributed by atoms with Crippen LogP contribution in [0, 0.1) is 11.3 Å². The maximum Gasteiger partial charge on any atom is 0.155 e. The summed E-state index contributed by atoms with van der Waals surface area (Å²) < 4.78 is 5.96. The smallest absolute Gasteiger partial charge is 0.155 e. The number of ether oxygens (including phenoxy) is 1. The average Bonchev–Trinajstić information content (AvgIpc) is 2.53. The fourth-order valence-electron chi connectivity index (χ4n) is 1.88. The van der Waals surface area contributed by atoms with Gasteiger partial charge in [-0.25, -0.2) is 0 Å². The van der Waals surface area contributed by atoms with Gasteiger partial charge in [-0.2, -0.15) is 5.26 Å². The summed E-state index contributed by atoms with van der Waals surface area (Å²) >= 11 is 0. The van der Waals surface area contributed by atoms with E-state index in [1.165, 1.54) is 0 Å². The summed E-state index contributed by atoms with van der Waals surface area (Å²) in [7, 11) is 0. The molecule has 4 heteroatoms. The van der Waals surface area contributed by atoms with Crippen LogP contribution in [0.1, 0.15) is 30.7 Å². The molecule has 0 aliphatic rings. The monoisotopic (exact) mass is 267 g/mol. The van der Waals surface area contributed by atoms with E-state index in [9.17, 15) is 0 Å². The molecule has 0 radical (unpaired) electrons. The van der Waals surface area contributed by atoms with Gasteiger partial charge in [-0.15, -0.1) is 0 Å². The summed E-state index contributed by atoms with van der Waals surface area (Å²) in [5, 5.41) is 8.79. The van der Waals surface area contributed by atoms with E-state index in [1.54, 1.807) is 30.5 Å². The molecule has 1 aromatic heterocycles. The van der Waals surface area contributed by atoms with Gasteiger partial charge < -0.3 is 10.5 Å². The molecule has 0 amide bonds. The molecule has 4 nitrogen and oxygen atoms in total. The molecule has 2 atom stereocenters. The number of hydrogen-bond acceptors (Lipinski definition) is 4. The Labute approximate surface area is 118 Å². The molecule has 102 valence electrons. The van der Waals surface area contributed by atoms with Crippen molar-refractivity contribution in [3.63, 3.8) is 0 Å². The van der Waals surface area contributed by atoms with Crippen LogP contribution in [0.4, 0.5) is 0 Å². The molecule has 2 unspecified atom stereocenters. The van der Waals surface area contributed by atoms with Crippen molar-refractivity contribution in [3.05, 3.63) is 59.9 Å². The molecule has 0 saturated carbocycles. The van der Waals surface area contributed by atoms with Gasteiger partial charge in [0, 0.05) is 12.2 Å². The maximum atomic E-state index is 8.79. The quantitative estimate of drug-likeness (QED) is 0.904. The summed E-state index contributed by atoms with van der Waals surface area (Å²) in [5.74, 6) is 0.684. The van der Waals surface area contributed by atoms with E-state index >= 15 is 0 Å². The molecule has 0 aliphatic heterocycles. The molecule has 1 aromatic carbocycles. The normalized spacial score (nSPS) is 13.2. The number of hydrogen-bond donors (Lipinski definition) is 1. The number of nitrogens with zero attached hydrogens (tertiary/aromatic N) is 2. The molecule has 20 heavy (non-hydrogen) atoms. The zero-order valence-electron chi connectivity index (χ0n) is 11.4. The van der Waals surface area contributed by atoms with E-state index in [0.717, 1.165) is 12.1 Å². The third-order valence-corrected chi connectivity index (χ3v) is 3.09. The Balaban J connectivity index is 2.22. The van der Waals surface area contributed by atoms with E-state index in [0.29, 0.717) is 11.3 Å². The SMILES string of the molecule is CCC(N)C(Oc1ccc(C#N)cc1)c1ccccn1. The standard InChI is InChI=1S/C16H17N3O/c1-2-14(18)16(15-5-3-4-10-19-15)20-13-8-6-12(11-17)7-9-13/h3-10,14,16H,2,18H2,1H3. The summed E-state index contributed by atoms with van der Waals surface area (Å²) in [6.45, 7) is 2.02. The van der Waals surface area contributed by atoms with Crippen molar-refractivity contribution >= 4 is 0 Å². The highest BCUT2D eigenvalue weighted by molar-refractivity contribution is 5.34. The fraction of sp³-hybridized carbons (Fsp3) is 0.250. The van der Waals surface area contributed by atoms with E-state index in [-0.39, 0.29) is 12.1 Å². The number of benzene rings is 1. The van der Waals surface area contributed by atoms with Gasteiger partial charge in [0.15, 0.2) is 6.10 Å². The highest BCUT2D eigenvalue weighted by atomic mass is 16.5. The Kier molecular flexibility index (Phi) is 4.70. The maximum absolute atomic E-state index is 8.79. The molecule has 0 bridgehead atoms. The molecule has 2 rings (SSSR count). The highest BCUT2D eigenvalue weighted by Gasteiger charge is 2.21. The van der Waals surface area contributed by atoms with Crippen LogP contribution in [-0.2, 0) is 0 Å². The molecule has 0 saturated heterocycles.